The summed E-state index contributed by atoms with van der Waals surface area (Å²) < 4.78 is 0. The lowest BCUT2D eigenvalue weighted by molar-refractivity contribution is 0.242. The van der Waals surface area contributed by atoms with Crippen LogP contribution in [0.3, 0.4) is 0 Å². The van der Waals surface area contributed by atoms with Gasteiger partial charge in [-0.2, -0.15) is 0 Å². The van der Waals surface area contributed by atoms with Gasteiger partial charge in [0, 0.05) is 24.2 Å². The third-order valence-corrected chi connectivity index (χ3v) is 3.50. The van der Waals surface area contributed by atoms with Crippen LogP contribution in [0, 0.1) is 0 Å². The molecular formula is C16H19ClN2. The molecule has 3 heteroatoms. The minimum absolute atomic E-state index is 0.222. The molecule has 2 N–H and O–H groups in total. The molecule has 0 aromatic heterocycles. The molecule has 19 heavy (non-hydrogen) atoms. The van der Waals surface area contributed by atoms with Crippen LogP contribution < -0.4 is 5.73 Å². The van der Waals surface area contributed by atoms with Crippen molar-refractivity contribution in [1.29, 1.82) is 0 Å². The first-order chi connectivity index (χ1) is 9.20. The van der Waals surface area contributed by atoms with E-state index in [-0.39, 0.29) is 6.04 Å². The van der Waals surface area contributed by atoms with Gasteiger partial charge in [-0.1, -0.05) is 54.1 Å². The van der Waals surface area contributed by atoms with Gasteiger partial charge >= 0.3 is 0 Å². The fraction of sp³-hybridized carbons (Fsp3) is 0.250. The Labute approximate surface area is 119 Å². The second-order valence-electron chi connectivity index (χ2n) is 4.71. The summed E-state index contributed by atoms with van der Waals surface area (Å²) in [4.78, 5) is 2.25. The average Bonchev–Trinajstić information content (AvgIpc) is 2.41. The molecular weight excluding hydrogens is 256 g/mol. The summed E-state index contributed by atoms with van der Waals surface area (Å²) in [5.41, 5.74) is 8.36. The lowest BCUT2D eigenvalue weighted by Gasteiger charge is -2.27. The molecule has 2 aromatic rings. The number of benzene rings is 2. The van der Waals surface area contributed by atoms with Crippen LogP contribution in [0.15, 0.2) is 54.6 Å². The highest BCUT2D eigenvalue weighted by molar-refractivity contribution is 6.30. The van der Waals surface area contributed by atoms with Crippen LogP contribution in [0.2, 0.25) is 5.02 Å². The Balaban J connectivity index is 2.11. The molecule has 2 nitrogen and oxygen atoms in total. The van der Waals surface area contributed by atoms with E-state index in [9.17, 15) is 0 Å². The van der Waals surface area contributed by atoms with Gasteiger partial charge in [0.25, 0.3) is 0 Å². The highest BCUT2D eigenvalue weighted by atomic mass is 35.5. The minimum atomic E-state index is 0.222. The first-order valence-electron chi connectivity index (χ1n) is 6.40. The van der Waals surface area contributed by atoms with E-state index < -0.39 is 0 Å². The van der Waals surface area contributed by atoms with Crippen molar-refractivity contribution in [3.05, 3.63) is 70.7 Å². The van der Waals surface area contributed by atoms with Crippen molar-refractivity contribution in [2.45, 2.75) is 12.6 Å². The standard InChI is InChI=1S/C16H19ClN2/c1-19(12-13-6-5-9-15(17)10-13)16(11-18)14-7-3-2-4-8-14/h2-10,16H,11-12,18H2,1H3. The lowest BCUT2D eigenvalue weighted by atomic mass is 10.1. The molecule has 2 rings (SSSR count). The number of halogens is 1. The van der Waals surface area contributed by atoms with E-state index in [0.717, 1.165) is 11.6 Å². The van der Waals surface area contributed by atoms with Gasteiger partial charge in [0.05, 0.1) is 0 Å². The van der Waals surface area contributed by atoms with E-state index >= 15 is 0 Å². The molecule has 0 aliphatic heterocycles. The maximum Gasteiger partial charge on any atom is 0.0470 e. The topological polar surface area (TPSA) is 29.3 Å². The van der Waals surface area contributed by atoms with Crippen molar-refractivity contribution in [3.63, 3.8) is 0 Å². The Morgan fingerprint density at radius 3 is 2.47 bits per heavy atom. The third-order valence-electron chi connectivity index (χ3n) is 3.26. The number of likely N-dealkylation sites (N-methyl/N-ethyl adjacent to an activating group) is 1. The van der Waals surface area contributed by atoms with Gasteiger partial charge in [-0.25, -0.2) is 0 Å². The number of hydrogen-bond acceptors (Lipinski definition) is 2. The molecule has 2 aromatic carbocycles. The second kappa shape index (κ2) is 6.71. The molecule has 0 bridgehead atoms. The second-order valence-corrected chi connectivity index (χ2v) is 5.14. The van der Waals surface area contributed by atoms with E-state index in [1.807, 2.05) is 36.4 Å². The Hall–Kier alpha value is -1.35. The molecule has 1 unspecified atom stereocenters. The molecule has 0 radical (unpaired) electrons. The van der Waals surface area contributed by atoms with Crippen molar-refractivity contribution >= 4 is 11.6 Å². The fourth-order valence-electron chi connectivity index (χ4n) is 2.28. The number of nitrogens with two attached hydrogens (primary N) is 1. The highest BCUT2D eigenvalue weighted by Gasteiger charge is 2.15. The molecule has 0 spiro atoms. The normalized spacial score (nSPS) is 12.6. The third kappa shape index (κ3) is 3.80. The zero-order valence-corrected chi connectivity index (χ0v) is 11.8. The first-order valence-corrected chi connectivity index (χ1v) is 6.78. The van der Waals surface area contributed by atoms with Gasteiger partial charge in [-0.3, -0.25) is 4.90 Å². The maximum absolute atomic E-state index is 6.02. The van der Waals surface area contributed by atoms with Gasteiger partial charge < -0.3 is 5.73 Å². The van der Waals surface area contributed by atoms with E-state index in [0.29, 0.717) is 6.54 Å². The minimum Gasteiger partial charge on any atom is -0.329 e. The average molecular weight is 275 g/mol. The summed E-state index contributed by atoms with van der Waals surface area (Å²) in [5.74, 6) is 0. The van der Waals surface area contributed by atoms with Crippen molar-refractivity contribution in [2.24, 2.45) is 5.73 Å². The predicted octanol–water partition coefficient (Wildman–Crippen LogP) is 3.47. The zero-order chi connectivity index (χ0) is 13.7. The molecule has 0 fully saturated rings. The van der Waals surface area contributed by atoms with E-state index in [1.54, 1.807) is 0 Å². The van der Waals surface area contributed by atoms with Crippen LogP contribution >= 0.6 is 11.6 Å². The van der Waals surface area contributed by atoms with Gasteiger partial charge in [-0.05, 0) is 30.3 Å². The summed E-state index contributed by atoms with van der Waals surface area (Å²) in [6.07, 6.45) is 0. The lowest BCUT2D eigenvalue weighted by Crippen LogP contribution is -2.30. The quantitative estimate of drug-likeness (QED) is 0.905. The van der Waals surface area contributed by atoms with Crippen LogP contribution in [0.5, 0.6) is 0 Å². The van der Waals surface area contributed by atoms with E-state index in [2.05, 4.69) is 30.1 Å². The number of rotatable bonds is 5. The van der Waals surface area contributed by atoms with E-state index in [4.69, 9.17) is 17.3 Å². The van der Waals surface area contributed by atoms with Crippen LogP contribution in [0.1, 0.15) is 17.2 Å². The molecule has 0 saturated carbocycles. The zero-order valence-electron chi connectivity index (χ0n) is 11.1. The largest absolute Gasteiger partial charge is 0.329 e. The van der Waals surface area contributed by atoms with Crippen LogP contribution in [0.25, 0.3) is 0 Å². The van der Waals surface area contributed by atoms with Gasteiger partial charge in [0.15, 0.2) is 0 Å². The Bertz CT molecular complexity index is 513. The Morgan fingerprint density at radius 1 is 1.11 bits per heavy atom. The first kappa shape index (κ1) is 14.1. The summed E-state index contributed by atoms with van der Waals surface area (Å²) in [6, 6.07) is 18.5. The summed E-state index contributed by atoms with van der Waals surface area (Å²) in [7, 11) is 2.09. The fourth-order valence-corrected chi connectivity index (χ4v) is 2.49. The maximum atomic E-state index is 6.02. The molecule has 0 saturated heterocycles. The number of hydrogen-bond donors (Lipinski definition) is 1. The van der Waals surface area contributed by atoms with Crippen molar-refractivity contribution in [2.75, 3.05) is 13.6 Å². The predicted molar refractivity (Wildman–Crippen MR) is 81.2 cm³/mol. The molecule has 0 aliphatic rings. The monoisotopic (exact) mass is 274 g/mol. The van der Waals surface area contributed by atoms with Gasteiger partial charge in [0.2, 0.25) is 0 Å². The Kier molecular flexibility index (Phi) is 4.97. The number of nitrogens with zero attached hydrogens (tertiary/aromatic N) is 1. The van der Waals surface area contributed by atoms with Crippen LogP contribution in [-0.2, 0) is 6.54 Å². The van der Waals surface area contributed by atoms with Crippen LogP contribution in [0.4, 0.5) is 0 Å². The molecule has 100 valence electrons. The van der Waals surface area contributed by atoms with Crippen molar-refractivity contribution < 1.29 is 0 Å². The summed E-state index contributed by atoms with van der Waals surface area (Å²) in [6.45, 7) is 1.43. The summed E-state index contributed by atoms with van der Waals surface area (Å²) in [5, 5.41) is 0.773. The molecule has 1 atom stereocenters. The highest BCUT2D eigenvalue weighted by Crippen LogP contribution is 2.21. The molecule has 0 aliphatic carbocycles. The summed E-state index contributed by atoms with van der Waals surface area (Å²) >= 11 is 6.02. The SMILES string of the molecule is CN(Cc1cccc(Cl)c1)C(CN)c1ccccc1. The van der Waals surface area contributed by atoms with E-state index in [1.165, 1.54) is 11.1 Å². The van der Waals surface area contributed by atoms with Crippen molar-refractivity contribution in [3.8, 4) is 0 Å². The van der Waals surface area contributed by atoms with Crippen molar-refractivity contribution in [1.82, 2.24) is 4.90 Å². The molecule has 0 amide bonds. The van der Waals surface area contributed by atoms with Crippen LogP contribution in [-0.4, -0.2) is 18.5 Å². The Morgan fingerprint density at radius 2 is 1.84 bits per heavy atom. The van der Waals surface area contributed by atoms with Gasteiger partial charge in [0.1, 0.15) is 0 Å². The van der Waals surface area contributed by atoms with Gasteiger partial charge in [-0.15, -0.1) is 0 Å². The smallest absolute Gasteiger partial charge is 0.0470 e. The molecule has 0 heterocycles.